The molecule has 1 unspecified atom stereocenters. The summed E-state index contributed by atoms with van der Waals surface area (Å²) in [7, 11) is 2.20. The average molecular weight is 284 g/mol. The second-order valence-corrected chi connectivity index (χ2v) is 5.33. The maximum Gasteiger partial charge on any atom is 0.191 e. The molecule has 0 aromatic carbocycles. The molecule has 0 saturated carbocycles. The van der Waals surface area contributed by atoms with Crippen LogP contribution in [0.4, 0.5) is 0 Å². The number of likely N-dealkylation sites (tertiary alicyclic amines) is 1. The van der Waals surface area contributed by atoms with E-state index in [4.69, 9.17) is 9.73 Å². The van der Waals surface area contributed by atoms with E-state index in [1.54, 1.807) is 0 Å². The number of hydrogen-bond donors (Lipinski definition) is 2. The molecule has 1 rings (SSSR count). The van der Waals surface area contributed by atoms with Gasteiger partial charge in [-0.15, -0.1) is 0 Å². The van der Waals surface area contributed by atoms with E-state index in [0.717, 1.165) is 51.6 Å². The molecule has 1 heterocycles. The molecule has 118 valence electrons. The Kier molecular flexibility index (Phi) is 9.41. The Morgan fingerprint density at radius 2 is 2.15 bits per heavy atom. The van der Waals surface area contributed by atoms with Crippen molar-refractivity contribution >= 4 is 5.96 Å². The number of ether oxygens (including phenoxy) is 1. The molecule has 0 aromatic rings. The number of aliphatic imine (C=N–C) groups is 1. The smallest absolute Gasteiger partial charge is 0.191 e. The zero-order chi connectivity index (χ0) is 14.6. The fraction of sp³-hybridized carbons (Fsp3) is 0.933. The van der Waals surface area contributed by atoms with Crippen LogP contribution < -0.4 is 10.6 Å². The van der Waals surface area contributed by atoms with Gasteiger partial charge in [-0.2, -0.15) is 0 Å². The number of rotatable bonds is 9. The van der Waals surface area contributed by atoms with Gasteiger partial charge in [0.05, 0.1) is 6.54 Å². The quantitative estimate of drug-likeness (QED) is 0.382. The first kappa shape index (κ1) is 17.2. The van der Waals surface area contributed by atoms with Crippen LogP contribution in [0.15, 0.2) is 4.99 Å². The molecule has 1 saturated heterocycles. The van der Waals surface area contributed by atoms with E-state index in [2.05, 4.69) is 29.5 Å². The number of unbranched alkanes of at least 4 members (excludes halogenated alkanes) is 1. The highest BCUT2D eigenvalue weighted by Crippen LogP contribution is 2.14. The monoisotopic (exact) mass is 284 g/mol. The van der Waals surface area contributed by atoms with Crippen LogP contribution in [0.5, 0.6) is 0 Å². The zero-order valence-electron chi connectivity index (χ0n) is 13.5. The third-order valence-electron chi connectivity index (χ3n) is 3.69. The molecule has 5 nitrogen and oxygen atoms in total. The van der Waals surface area contributed by atoms with Crippen molar-refractivity contribution in [2.24, 2.45) is 4.99 Å². The van der Waals surface area contributed by atoms with Crippen molar-refractivity contribution < 1.29 is 4.74 Å². The third kappa shape index (κ3) is 7.10. The van der Waals surface area contributed by atoms with Gasteiger partial charge in [0.15, 0.2) is 5.96 Å². The molecule has 1 atom stereocenters. The van der Waals surface area contributed by atoms with E-state index in [1.165, 1.54) is 19.4 Å². The summed E-state index contributed by atoms with van der Waals surface area (Å²) in [6.07, 6.45) is 4.80. The predicted octanol–water partition coefficient (Wildman–Crippen LogP) is 1.45. The number of nitrogens with one attached hydrogen (secondary N) is 2. The van der Waals surface area contributed by atoms with Crippen LogP contribution in [0.25, 0.3) is 0 Å². The Hall–Kier alpha value is -0.810. The van der Waals surface area contributed by atoms with Crippen LogP contribution in [0.1, 0.15) is 39.5 Å². The van der Waals surface area contributed by atoms with E-state index in [-0.39, 0.29) is 0 Å². The van der Waals surface area contributed by atoms with Crippen LogP contribution in [0.2, 0.25) is 0 Å². The maximum atomic E-state index is 5.34. The normalized spacial score (nSPS) is 20.4. The second-order valence-electron chi connectivity index (χ2n) is 5.33. The third-order valence-corrected chi connectivity index (χ3v) is 3.69. The van der Waals surface area contributed by atoms with Crippen molar-refractivity contribution in [2.45, 2.75) is 45.6 Å². The average Bonchev–Trinajstić information content (AvgIpc) is 2.85. The van der Waals surface area contributed by atoms with Gasteiger partial charge in [0.2, 0.25) is 0 Å². The van der Waals surface area contributed by atoms with Crippen molar-refractivity contribution in [3.8, 4) is 0 Å². The number of guanidine groups is 1. The molecule has 1 aliphatic rings. The van der Waals surface area contributed by atoms with Crippen LogP contribution in [0.3, 0.4) is 0 Å². The summed E-state index contributed by atoms with van der Waals surface area (Å²) < 4.78 is 5.34. The standard InChI is InChI=1S/C15H32N4O/c1-4-16-15(17-10-6-7-12-20-5-2)18-13-14-9-8-11-19(14)3/h14H,4-13H2,1-3H3,(H2,16,17,18). The number of likely N-dealkylation sites (N-methyl/N-ethyl adjacent to an activating group) is 1. The van der Waals surface area contributed by atoms with Gasteiger partial charge in [-0.05, 0) is 53.1 Å². The minimum atomic E-state index is 0.614. The molecule has 0 aromatic heterocycles. The van der Waals surface area contributed by atoms with E-state index in [1.807, 2.05) is 6.92 Å². The molecule has 0 aliphatic carbocycles. The molecule has 20 heavy (non-hydrogen) atoms. The lowest BCUT2D eigenvalue weighted by Gasteiger charge is -2.18. The summed E-state index contributed by atoms with van der Waals surface area (Å²) in [5.41, 5.74) is 0. The van der Waals surface area contributed by atoms with Gasteiger partial charge in [0.1, 0.15) is 0 Å². The topological polar surface area (TPSA) is 48.9 Å². The Morgan fingerprint density at radius 3 is 2.80 bits per heavy atom. The number of nitrogens with zero attached hydrogens (tertiary/aromatic N) is 2. The van der Waals surface area contributed by atoms with E-state index >= 15 is 0 Å². The van der Waals surface area contributed by atoms with Crippen molar-refractivity contribution in [1.29, 1.82) is 0 Å². The van der Waals surface area contributed by atoms with Crippen LogP contribution in [0, 0.1) is 0 Å². The Labute approximate surface area is 124 Å². The highest BCUT2D eigenvalue weighted by molar-refractivity contribution is 5.79. The summed E-state index contributed by atoms with van der Waals surface area (Å²) in [6.45, 7) is 9.78. The molecular weight excluding hydrogens is 252 g/mol. The summed E-state index contributed by atoms with van der Waals surface area (Å²) >= 11 is 0. The lowest BCUT2D eigenvalue weighted by molar-refractivity contribution is 0.143. The SMILES string of the molecule is CCNC(=NCC1CCCN1C)NCCCCOCC. The van der Waals surface area contributed by atoms with Gasteiger partial charge in [0, 0.05) is 32.3 Å². The maximum absolute atomic E-state index is 5.34. The second kappa shape index (κ2) is 10.9. The van der Waals surface area contributed by atoms with Gasteiger partial charge in [-0.25, -0.2) is 0 Å². The fourth-order valence-corrected chi connectivity index (χ4v) is 2.43. The van der Waals surface area contributed by atoms with Crippen molar-refractivity contribution in [2.75, 3.05) is 46.4 Å². The fourth-order valence-electron chi connectivity index (χ4n) is 2.43. The Balaban J connectivity index is 2.21. The van der Waals surface area contributed by atoms with Gasteiger partial charge in [-0.1, -0.05) is 0 Å². The van der Waals surface area contributed by atoms with Crippen LogP contribution in [-0.4, -0.2) is 63.3 Å². The molecular formula is C15H32N4O. The minimum absolute atomic E-state index is 0.614. The van der Waals surface area contributed by atoms with Crippen LogP contribution in [-0.2, 0) is 4.74 Å². The summed E-state index contributed by atoms with van der Waals surface area (Å²) in [4.78, 5) is 7.11. The lowest BCUT2D eigenvalue weighted by atomic mass is 10.2. The molecule has 0 spiro atoms. The first-order chi connectivity index (χ1) is 9.77. The lowest BCUT2D eigenvalue weighted by Crippen LogP contribution is -2.39. The van der Waals surface area contributed by atoms with Gasteiger partial charge < -0.3 is 20.3 Å². The highest BCUT2D eigenvalue weighted by atomic mass is 16.5. The number of hydrogen-bond acceptors (Lipinski definition) is 3. The van der Waals surface area contributed by atoms with Crippen molar-refractivity contribution in [1.82, 2.24) is 15.5 Å². The first-order valence-corrected chi connectivity index (χ1v) is 8.08. The van der Waals surface area contributed by atoms with E-state index in [0.29, 0.717) is 6.04 Å². The van der Waals surface area contributed by atoms with Gasteiger partial charge >= 0.3 is 0 Å². The molecule has 2 N–H and O–H groups in total. The molecule has 1 aliphatic heterocycles. The summed E-state index contributed by atoms with van der Waals surface area (Å²) in [6, 6.07) is 0.614. The minimum Gasteiger partial charge on any atom is -0.382 e. The summed E-state index contributed by atoms with van der Waals surface area (Å²) in [5.74, 6) is 0.948. The summed E-state index contributed by atoms with van der Waals surface area (Å²) in [5, 5.41) is 6.71. The Morgan fingerprint density at radius 1 is 1.30 bits per heavy atom. The molecule has 0 amide bonds. The first-order valence-electron chi connectivity index (χ1n) is 8.08. The van der Waals surface area contributed by atoms with Gasteiger partial charge in [0.25, 0.3) is 0 Å². The molecule has 1 fully saturated rings. The highest BCUT2D eigenvalue weighted by Gasteiger charge is 2.20. The van der Waals surface area contributed by atoms with Gasteiger partial charge in [-0.3, -0.25) is 4.99 Å². The van der Waals surface area contributed by atoms with Crippen molar-refractivity contribution in [3.05, 3.63) is 0 Å². The molecule has 0 bridgehead atoms. The van der Waals surface area contributed by atoms with Crippen molar-refractivity contribution in [3.63, 3.8) is 0 Å². The zero-order valence-corrected chi connectivity index (χ0v) is 13.5. The molecule has 0 radical (unpaired) electrons. The largest absolute Gasteiger partial charge is 0.382 e. The Bertz CT molecular complexity index is 271. The molecule has 5 heteroatoms. The van der Waals surface area contributed by atoms with E-state index < -0.39 is 0 Å². The van der Waals surface area contributed by atoms with Crippen LogP contribution >= 0.6 is 0 Å². The predicted molar refractivity (Wildman–Crippen MR) is 85.4 cm³/mol. The van der Waals surface area contributed by atoms with E-state index in [9.17, 15) is 0 Å².